The fraction of sp³-hybridized carbons (Fsp3) is 0.692. The maximum Gasteiger partial charge on any atom is 0.220 e. The molecule has 2 unspecified atom stereocenters. The summed E-state index contributed by atoms with van der Waals surface area (Å²) in [6, 6.07) is 0.533. The molecular formula is C13H21IN4. The van der Waals surface area contributed by atoms with Crippen LogP contribution in [0, 0.1) is 10.5 Å². The molecule has 2 rings (SSSR count). The lowest BCUT2D eigenvalue weighted by atomic mass is 9.82. The van der Waals surface area contributed by atoms with Gasteiger partial charge in [0.15, 0.2) is 0 Å². The Kier molecular flexibility index (Phi) is 4.77. The number of nitrogens with one attached hydrogen (secondary N) is 1. The van der Waals surface area contributed by atoms with Crippen LogP contribution in [0.3, 0.4) is 0 Å². The highest BCUT2D eigenvalue weighted by Crippen LogP contribution is 2.35. The molecule has 0 amide bonds. The first-order valence-electron chi connectivity index (χ1n) is 6.66. The molecule has 1 aliphatic carbocycles. The summed E-state index contributed by atoms with van der Waals surface area (Å²) in [6.45, 7) is 5.18. The van der Waals surface area contributed by atoms with Crippen LogP contribution in [0.15, 0.2) is 0 Å². The molecule has 1 aromatic rings. The normalized spacial score (nSPS) is 24.2. The number of likely N-dealkylation sites (N-methyl/N-ethyl adjacent to an activating group) is 1. The van der Waals surface area contributed by atoms with Gasteiger partial charge in [-0.2, -0.15) is 0 Å². The van der Waals surface area contributed by atoms with Gasteiger partial charge < -0.3 is 11.1 Å². The number of anilines is 1. The second-order valence-corrected chi connectivity index (χ2v) is 6.00. The standard InChI is InChI=1S/C13H21IN4/c1-3-16-10-7-5-4-6-9(10)12-11(14)8(2)17-13(15)18-12/h9-10,16H,3-7H2,1-2H3,(H2,15,17,18). The van der Waals surface area contributed by atoms with Crippen LogP contribution in [0.4, 0.5) is 5.95 Å². The number of aryl methyl sites for hydroxylation is 1. The van der Waals surface area contributed by atoms with E-state index in [-0.39, 0.29) is 0 Å². The first-order valence-corrected chi connectivity index (χ1v) is 7.74. The van der Waals surface area contributed by atoms with E-state index in [1.807, 2.05) is 6.92 Å². The van der Waals surface area contributed by atoms with Gasteiger partial charge in [-0.25, -0.2) is 9.97 Å². The van der Waals surface area contributed by atoms with Gasteiger partial charge in [-0.15, -0.1) is 0 Å². The summed E-state index contributed by atoms with van der Waals surface area (Å²) >= 11 is 2.35. The summed E-state index contributed by atoms with van der Waals surface area (Å²) in [6.07, 6.45) is 5.02. The molecule has 1 aliphatic rings. The topological polar surface area (TPSA) is 63.8 Å². The molecule has 0 spiro atoms. The van der Waals surface area contributed by atoms with Gasteiger partial charge in [0, 0.05) is 12.0 Å². The first-order chi connectivity index (χ1) is 8.63. The number of hydrogen-bond donors (Lipinski definition) is 2. The minimum Gasteiger partial charge on any atom is -0.368 e. The molecular weight excluding hydrogens is 339 g/mol. The Morgan fingerprint density at radius 1 is 1.33 bits per heavy atom. The number of aromatic nitrogens is 2. The summed E-state index contributed by atoms with van der Waals surface area (Å²) in [4.78, 5) is 8.75. The van der Waals surface area contributed by atoms with Gasteiger partial charge in [0.25, 0.3) is 0 Å². The third-order valence-electron chi connectivity index (χ3n) is 3.64. The van der Waals surface area contributed by atoms with Crippen molar-refractivity contribution in [3.8, 4) is 0 Å². The molecule has 100 valence electrons. The number of rotatable bonds is 3. The summed E-state index contributed by atoms with van der Waals surface area (Å²) in [5.41, 5.74) is 7.95. The van der Waals surface area contributed by atoms with Gasteiger partial charge in [-0.05, 0) is 48.9 Å². The molecule has 5 heteroatoms. The third kappa shape index (κ3) is 2.93. The van der Waals surface area contributed by atoms with E-state index in [1.54, 1.807) is 0 Å². The predicted octanol–water partition coefficient (Wildman–Crippen LogP) is 2.61. The molecule has 1 saturated carbocycles. The number of nitrogens with two attached hydrogens (primary N) is 1. The highest BCUT2D eigenvalue weighted by atomic mass is 127. The zero-order valence-corrected chi connectivity index (χ0v) is 13.2. The van der Waals surface area contributed by atoms with E-state index in [2.05, 4.69) is 44.8 Å². The van der Waals surface area contributed by atoms with Gasteiger partial charge in [0.2, 0.25) is 5.95 Å². The summed E-state index contributed by atoms with van der Waals surface area (Å²) < 4.78 is 1.18. The number of hydrogen-bond acceptors (Lipinski definition) is 4. The zero-order valence-electron chi connectivity index (χ0n) is 11.0. The number of nitrogen functional groups attached to an aromatic ring is 1. The van der Waals surface area contributed by atoms with E-state index in [4.69, 9.17) is 5.73 Å². The van der Waals surface area contributed by atoms with E-state index < -0.39 is 0 Å². The zero-order chi connectivity index (χ0) is 13.1. The highest BCUT2D eigenvalue weighted by Gasteiger charge is 2.29. The summed E-state index contributed by atoms with van der Waals surface area (Å²) in [5.74, 6) is 0.887. The Morgan fingerprint density at radius 3 is 2.78 bits per heavy atom. The predicted molar refractivity (Wildman–Crippen MR) is 82.6 cm³/mol. The first kappa shape index (κ1) is 14.0. The van der Waals surface area contributed by atoms with Gasteiger partial charge in [-0.1, -0.05) is 19.8 Å². The second kappa shape index (κ2) is 6.14. The van der Waals surface area contributed by atoms with Crippen molar-refractivity contribution >= 4 is 28.5 Å². The molecule has 1 heterocycles. The maximum atomic E-state index is 5.81. The van der Waals surface area contributed by atoms with Crippen LogP contribution in [-0.4, -0.2) is 22.6 Å². The molecule has 3 N–H and O–H groups in total. The highest BCUT2D eigenvalue weighted by molar-refractivity contribution is 14.1. The Hall–Kier alpha value is -0.430. The monoisotopic (exact) mass is 360 g/mol. The number of nitrogens with zero attached hydrogens (tertiary/aromatic N) is 2. The van der Waals surface area contributed by atoms with E-state index in [1.165, 1.54) is 29.3 Å². The smallest absolute Gasteiger partial charge is 0.220 e. The van der Waals surface area contributed by atoms with Crippen molar-refractivity contribution in [3.63, 3.8) is 0 Å². The van der Waals surface area contributed by atoms with Crippen molar-refractivity contribution in [2.45, 2.75) is 51.5 Å². The minimum atomic E-state index is 0.406. The van der Waals surface area contributed by atoms with Gasteiger partial charge in [0.05, 0.1) is 15.0 Å². The van der Waals surface area contributed by atoms with Crippen molar-refractivity contribution in [2.24, 2.45) is 0 Å². The Balaban J connectivity index is 2.33. The maximum absolute atomic E-state index is 5.81. The van der Waals surface area contributed by atoms with E-state index >= 15 is 0 Å². The average molecular weight is 360 g/mol. The molecule has 18 heavy (non-hydrogen) atoms. The van der Waals surface area contributed by atoms with Crippen LogP contribution in [0.2, 0.25) is 0 Å². The van der Waals surface area contributed by atoms with Crippen molar-refractivity contribution in [1.29, 1.82) is 0 Å². The van der Waals surface area contributed by atoms with Crippen LogP contribution in [-0.2, 0) is 0 Å². The van der Waals surface area contributed by atoms with E-state index in [0.717, 1.165) is 17.9 Å². The molecule has 4 nitrogen and oxygen atoms in total. The number of halogens is 1. The molecule has 0 aliphatic heterocycles. The van der Waals surface area contributed by atoms with Crippen molar-refractivity contribution in [1.82, 2.24) is 15.3 Å². The Labute approximate surface area is 122 Å². The lowest BCUT2D eigenvalue weighted by Crippen LogP contribution is -2.38. The third-order valence-corrected chi connectivity index (χ3v) is 4.98. The molecule has 0 radical (unpaired) electrons. The molecule has 1 aromatic heterocycles. The Morgan fingerprint density at radius 2 is 2.06 bits per heavy atom. The molecule has 1 fully saturated rings. The van der Waals surface area contributed by atoms with Gasteiger partial charge in [-0.3, -0.25) is 0 Å². The van der Waals surface area contributed by atoms with Crippen molar-refractivity contribution < 1.29 is 0 Å². The Bertz CT molecular complexity index is 420. The largest absolute Gasteiger partial charge is 0.368 e. The van der Waals surface area contributed by atoms with Crippen LogP contribution in [0.1, 0.15) is 49.9 Å². The summed E-state index contributed by atoms with van der Waals surface area (Å²) in [5, 5.41) is 3.59. The van der Waals surface area contributed by atoms with Crippen LogP contribution >= 0.6 is 22.6 Å². The fourth-order valence-corrected chi connectivity index (χ4v) is 3.46. The second-order valence-electron chi connectivity index (χ2n) is 4.92. The van der Waals surface area contributed by atoms with Gasteiger partial charge in [0.1, 0.15) is 0 Å². The van der Waals surface area contributed by atoms with Crippen LogP contribution in [0.25, 0.3) is 0 Å². The quantitative estimate of drug-likeness (QED) is 0.814. The van der Waals surface area contributed by atoms with E-state index in [9.17, 15) is 0 Å². The molecule has 2 atom stereocenters. The SMILES string of the molecule is CCNC1CCCCC1c1nc(N)nc(C)c1I. The molecule has 0 aromatic carbocycles. The summed E-state index contributed by atoms with van der Waals surface area (Å²) in [7, 11) is 0. The van der Waals surface area contributed by atoms with Crippen molar-refractivity contribution in [3.05, 3.63) is 15.0 Å². The minimum absolute atomic E-state index is 0.406. The lowest BCUT2D eigenvalue weighted by Gasteiger charge is -2.32. The van der Waals surface area contributed by atoms with E-state index in [0.29, 0.717) is 17.9 Å². The fourth-order valence-electron chi connectivity index (χ4n) is 2.81. The van der Waals surface area contributed by atoms with Gasteiger partial charge >= 0.3 is 0 Å². The van der Waals surface area contributed by atoms with Crippen LogP contribution < -0.4 is 11.1 Å². The lowest BCUT2D eigenvalue weighted by molar-refractivity contribution is 0.327. The molecule has 0 saturated heterocycles. The average Bonchev–Trinajstić information content (AvgIpc) is 2.35. The van der Waals surface area contributed by atoms with Crippen LogP contribution in [0.5, 0.6) is 0 Å². The molecule has 0 bridgehead atoms. The van der Waals surface area contributed by atoms with Crippen molar-refractivity contribution in [2.75, 3.05) is 12.3 Å².